The van der Waals surface area contributed by atoms with Gasteiger partial charge in [-0.15, -0.1) is 13.1 Å². The number of nitrogens with zero attached hydrogens (tertiary/aromatic N) is 1. The predicted octanol–water partition coefficient (Wildman–Crippen LogP) is 8.24. The molecular weight excluding hydrogens is 389 g/mol. The van der Waals surface area contributed by atoms with Gasteiger partial charge in [-0.1, -0.05) is 104 Å². The van der Waals surface area contributed by atoms with Gasteiger partial charge >= 0.3 is 35.6 Å². The van der Waals surface area contributed by atoms with Crippen molar-refractivity contribution in [2.75, 3.05) is 19.7 Å². The molecule has 1 N–H and O–H groups in total. The molecule has 154 valence electrons. The van der Waals surface area contributed by atoms with Gasteiger partial charge in [-0.3, -0.25) is 0 Å². The zero-order valence-corrected chi connectivity index (χ0v) is 20.2. The normalized spacial score (nSPS) is 9.68. The van der Waals surface area contributed by atoms with Crippen molar-refractivity contribution in [2.24, 2.45) is 0 Å². The van der Waals surface area contributed by atoms with E-state index in [1.165, 1.54) is 77.0 Å². The zero-order valence-electron chi connectivity index (χ0n) is 17.2. The summed E-state index contributed by atoms with van der Waals surface area (Å²) in [6.07, 6.45) is 18.7. The second-order valence-electron chi connectivity index (χ2n) is 6.35. The molecule has 0 aliphatic rings. The van der Waals surface area contributed by atoms with E-state index in [9.17, 15) is 0 Å². The van der Waals surface area contributed by atoms with E-state index in [4.69, 9.17) is 23.7 Å². The summed E-state index contributed by atoms with van der Waals surface area (Å²) < 4.78 is 0. The van der Waals surface area contributed by atoms with Crippen molar-refractivity contribution in [3.63, 3.8) is 0 Å². The molecule has 0 fully saturated rings. The van der Waals surface area contributed by atoms with Crippen LogP contribution < -0.4 is 0 Å². The fraction of sp³-hybridized carbons (Fsp3) is 1.00. The van der Waals surface area contributed by atoms with Crippen LogP contribution in [0.4, 0.5) is 0 Å². The molecule has 0 spiro atoms. The third kappa shape index (κ3) is 45.9. The number of hydrogen-bond donors (Lipinski definition) is 1. The van der Waals surface area contributed by atoms with Crippen LogP contribution in [0.15, 0.2) is 0 Å². The Morgan fingerprint density at radius 3 is 1.20 bits per heavy atom. The van der Waals surface area contributed by atoms with Crippen molar-refractivity contribution in [3.8, 4) is 0 Å². The summed E-state index contributed by atoms with van der Waals surface area (Å²) in [6.45, 7) is 9.17. The zero-order chi connectivity index (χ0) is 19.4. The predicted molar refractivity (Wildman–Crippen MR) is 114 cm³/mol. The maximum absolute atomic E-state index is 8.07. The Labute approximate surface area is 175 Å². The average Bonchev–Trinajstić information content (AvgIpc) is 2.61. The van der Waals surface area contributed by atoms with Gasteiger partial charge in [0.1, 0.15) is 0 Å². The van der Waals surface area contributed by atoms with Gasteiger partial charge in [0, 0.05) is 6.61 Å². The first-order valence-corrected chi connectivity index (χ1v) is 14.7. The second-order valence-corrected chi connectivity index (χ2v) is 8.93. The summed E-state index contributed by atoms with van der Waals surface area (Å²) in [5, 5.41) is 12.7. The SMILES string of the molecule is CCCCCCCC[N-]CCCCCCCC.CCCCO.[Cl][Ti][Cl]. The van der Waals surface area contributed by atoms with Crippen LogP contribution in [-0.4, -0.2) is 24.8 Å². The quantitative estimate of drug-likeness (QED) is 0.193. The van der Waals surface area contributed by atoms with Gasteiger partial charge in [0.2, 0.25) is 0 Å². The molecule has 0 aromatic heterocycles. The van der Waals surface area contributed by atoms with Crippen molar-refractivity contribution in [1.29, 1.82) is 0 Å². The molecule has 0 aromatic carbocycles. The van der Waals surface area contributed by atoms with Crippen LogP contribution in [0.3, 0.4) is 0 Å². The van der Waals surface area contributed by atoms with E-state index < -0.39 is 17.0 Å². The first kappa shape index (κ1) is 30.9. The van der Waals surface area contributed by atoms with Gasteiger partial charge < -0.3 is 10.4 Å². The van der Waals surface area contributed by atoms with E-state index in [2.05, 4.69) is 26.1 Å². The van der Waals surface area contributed by atoms with Crippen molar-refractivity contribution in [1.82, 2.24) is 0 Å². The van der Waals surface area contributed by atoms with Gasteiger partial charge in [-0.25, -0.2) is 0 Å². The summed E-state index contributed by atoms with van der Waals surface area (Å²) in [6, 6.07) is 0. The van der Waals surface area contributed by atoms with Gasteiger partial charge in [0.05, 0.1) is 0 Å². The van der Waals surface area contributed by atoms with E-state index in [0.29, 0.717) is 6.61 Å². The van der Waals surface area contributed by atoms with Crippen LogP contribution in [-0.2, 0) is 17.0 Å². The minimum absolute atomic E-state index is 0.344. The van der Waals surface area contributed by atoms with E-state index in [0.717, 1.165) is 25.9 Å². The van der Waals surface area contributed by atoms with Gasteiger partial charge in [-0.2, -0.15) is 0 Å². The van der Waals surface area contributed by atoms with E-state index in [1.807, 2.05) is 0 Å². The Morgan fingerprint density at radius 2 is 0.920 bits per heavy atom. The van der Waals surface area contributed by atoms with E-state index in [1.54, 1.807) is 0 Å². The fourth-order valence-electron chi connectivity index (χ4n) is 2.28. The first-order valence-electron chi connectivity index (χ1n) is 10.4. The summed E-state index contributed by atoms with van der Waals surface area (Å²) in [5.41, 5.74) is 0. The first-order chi connectivity index (χ1) is 12.2. The molecular formula is C20H44Cl2NOTi-. The summed E-state index contributed by atoms with van der Waals surface area (Å²) in [7, 11) is 9.78. The molecule has 0 aliphatic carbocycles. The minimum atomic E-state index is -0.556. The molecule has 0 radical (unpaired) electrons. The Morgan fingerprint density at radius 1 is 0.600 bits per heavy atom. The molecule has 0 rings (SSSR count). The van der Waals surface area contributed by atoms with Crippen molar-refractivity contribution < 1.29 is 22.1 Å². The Kier molecular flexibility index (Phi) is 44.8. The van der Waals surface area contributed by atoms with Gasteiger partial charge in [-0.05, 0) is 6.42 Å². The van der Waals surface area contributed by atoms with Crippen LogP contribution in [0.1, 0.15) is 111 Å². The van der Waals surface area contributed by atoms with Gasteiger partial charge in [0.15, 0.2) is 0 Å². The molecule has 0 amide bonds. The number of rotatable bonds is 16. The number of halogens is 2. The summed E-state index contributed by atoms with van der Waals surface area (Å²) >= 11 is -0.556. The van der Waals surface area contributed by atoms with Crippen molar-refractivity contribution in [2.45, 2.75) is 111 Å². The summed E-state index contributed by atoms with van der Waals surface area (Å²) in [5.74, 6) is 0. The van der Waals surface area contributed by atoms with Crippen molar-refractivity contribution >= 4 is 18.6 Å². The van der Waals surface area contributed by atoms with Crippen LogP contribution in [0.5, 0.6) is 0 Å². The fourth-order valence-corrected chi connectivity index (χ4v) is 2.28. The molecule has 2 nitrogen and oxygen atoms in total. The van der Waals surface area contributed by atoms with Crippen LogP contribution in [0.25, 0.3) is 5.32 Å². The van der Waals surface area contributed by atoms with Gasteiger partial charge in [0.25, 0.3) is 0 Å². The molecule has 25 heavy (non-hydrogen) atoms. The molecule has 5 heteroatoms. The Hall–Kier alpha value is 1.21. The molecule has 0 atom stereocenters. The second kappa shape index (κ2) is 36.2. The van der Waals surface area contributed by atoms with E-state index in [-0.39, 0.29) is 0 Å². The Bertz CT molecular complexity index is 173. The van der Waals surface area contributed by atoms with E-state index >= 15 is 0 Å². The van der Waals surface area contributed by atoms with Crippen LogP contribution in [0, 0.1) is 0 Å². The molecule has 0 aliphatic heterocycles. The Balaban J connectivity index is -0.000000504. The number of aliphatic hydroxyl groups is 1. The third-order valence-corrected chi connectivity index (χ3v) is 3.85. The third-order valence-electron chi connectivity index (χ3n) is 3.85. The average molecular weight is 433 g/mol. The molecule has 0 unspecified atom stereocenters. The van der Waals surface area contributed by atoms with Crippen LogP contribution in [0.2, 0.25) is 0 Å². The standard InChI is InChI=1S/C16H34N.C4H10O.2ClH.Ti/c1-3-5-7-9-11-13-15-17-16-14-12-10-8-6-4-2;1-2-3-4-5;;;/h3-16H2,1-2H3;5H,2-4H2,1H3;2*1H;/q-1;;;;+2/p-2. The summed E-state index contributed by atoms with van der Waals surface area (Å²) in [4.78, 5) is 0. The topological polar surface area (TPSA) is 34.3 Å². The number of unbranched alkanes of at least 4 members (excludes halogenated alkanes) is 11. The molecule has 0 heterocycles. The number of aliphatic hydroxyl groups excluding tert-OH is 1. The molecule has 0 saturated carbocycles. The van der Waals surface area contributed by atoms with Crippen molar-refractivity contribution in [3.05, 3.63) is 5.32 Å². The molecule has 0 bridgehead atoms. The maximum atomic E-state index is 8.07. The number of hydrogen-bond acceptors (Lipinski definition) is 1. The van der Waals surface area contributed by atoms with Crippen LogP contribution >= 0.6 is 18.6 Å². The monoisotopic (exact) mass is 432 g/mol. The molecule has 0 saturated heterocycles. The molecule has 0 aromatic rings.